The highest BCUT2D eigenvalue weighted by molar-refractivity contribution is 9.10. The zero-order chi connectivity index (χ0) is 19.3. The summed E-state index contributed by atoms with van der Waals surface area (Å²) in [5.41, 5.74) is 3.33. The van der Waals surface area contributed by atoms with Gasteiger partial charge in [-0.1, -0.05) is 29.8 Å². The van der Waals surface area contributed by atoms with E-state index in [1.165, 1.54) is 0 Å². The topological polar surface area (TPSA) is 78.0 Å². The van der Waals surface area contributed by atoms with Crippen LogP contribution in [0.15, 0.2) is 46.9 Å². The molecule has 0 fully saturated rings. The molecule has 0 spiro atoms. The molecule has 0 radical (unpaired) electrons. The molecule has 134 valence electrons. The molecule has 6 heteroatoms. The van der Waals surface area contributed by atoms with Gasteiger partial charge in [0.2, 0.25) is 0 Å². The first-order valence-corrected chi connectivity index (χ1v) is 9.30. The lowest BCUT2D eigenvalue weighted by Gasteiger charge is -2.27. The van der Waals surface area contributed by atoms with E-state index in [1.54, 1.807) is 24.0 Å². The van der Waals surface area contributed by atoms with Gasteiger partial charge in [0.1, 0.15) is 11.7 Å². The second-order valence-corrected chi connectivity index (χ2v) is 6.48. The maximum absolute atomic E-state index is 8.98. The van der Waals surface area contributed by atoms with E-state index < -0.39 is 0 Å². The number of amidine groups is 2. The summed E-state index contributed by atoms with van der Waals surface area (Å²) >= 11 is 3.52. The van der Waals surface area contributed by atoms with E-state index >= 15 is 0 Å². The van der Waals surface area contributed by atoms with Crippen LogP contribution in [-0.4, -0.2) is 18.2 Å². The molecule has 0 saturated carbocycles. The number of rotatable bonds is 1. The fourth-order valence-corrected chi connectivity index (χ4v) is 3.21. The van der Waals surface area contributed by atoms with E-state index in [-0.39, 0.29) is 0 Å². The highest BCUT2D eigenvalue weighted by Crippen LogP contribution is 2.39. The Morgan fingerprint density at radius 3 is 2.35 bits per heavy atom. The van der Waals surface area contributed by atoms with E-state index in [9.17, 15) is 0 Å². The van der Waals surface area contributed by atoms with Crippen molar-refractivity contribution >= 4 is 44.7 Å². The summed E-state index contributed by atoms with van der Waals surface area (Å²) in [4.78, 5) is 3.80. The predicted molar refractivity (Wildman–Crippen MR) is 112 cm³/mol. The van der Waals surface area contributed by atoms with E-state index in [0.717, 1.165) is 21.5 Å². The first kappa shape index (κ1) is 19.7. The van der Waals surface area contributed by atoms with Gasteiger partial charge in [0, 0.05) is 23.1 Å². The van der Waals surface area contributed by atoms with Crippen LogP contribution in [0.5, 0.6) is 0 Å². The van der Waals surface area contributed by atoms with Crippen LogP contribution in [0.4, 0.5) is 17.1 Å². The van der Waals surface area contributed by atoms with Crippen LogP contribution in [0.25, 0.3) is 0 Å². The van der Waals surface area contributed by atoms with Crippen LogP contribution in [0.2, 0.25) is 0 Å². The summed E-state index contributed by atoms with van der Waals surface area (Å²) in [5.74, 6) is 0.729. The van der Waals surface area contributed by atoms with Crippen LogP contribution < -0.4 is 9.80 Å². The highest BCUT2D eigenvalue weighted by atomic mass is 79.9. The van der Waals surface area contributed by atoms with Gasteiger partial charge < -0.3 is 4.90 Å². The smallest absolute Gasteiger partial charge is 0.108 e. The van der Waals surface area contributed by atoms with E-state index in [0.29, 0.717) is 30.2 Å². The maximum atomic E-state index is 8.98. The molecule has 5 nitrogen and oxygen atoms in total. The molecule has 26 heavy (non-hydrogen) atoms. The minimum absolute atomic E-state index is 0.324. The molecule has 0 atom stereocenters. The molecule has 2 aromatic rings. The number of halogens is 1. The number of nitrogens with zero attached hydrogens (tertiary/aromatic N) is 3. The second-order valence-electron chi connectivity index (χ2n) is 5.56. The molecule has 1 heterocycles. The molecular weight excluding hydrogens is 390 g/mol. The normalized spacial score (nSPS) is 13.1. The van der Waals surface area contributed by atoms with Crippen LogP contribution in [-0.2, 0) is 0 Å². The zero-order valence-corrected chi connectivity index (χ0v) is 16.8. The van der Waals surface area contributed by atoms with Crippen molar-refractivity contribution in [3.05, 3.63) is 52.5 Å². The predicted octanol–water partition coefficient (Wildman–Crippen LogP) is 5.67. The summed E-state index contributed by atoms with van der Waals surface area (Å²) in [6, 6.07) is 15.4. The lowest BCUT2D eigenvalue weighted by molar-refractivity contribution is 0.969. The number of nitriles is 1. The molecule has 0 bridgehead atoms. The van der Waals surface area contributed by atoms with E-state index in [4.69, 9.17) is 16.1 Å². The molecule has 0 aromatic heterocycles. The van der Waals surface area contributed by atoms with Crippen molar-refractivity contribution in [3.63, 3.8) is 0 Å². The lowest BCUT2D eigenvalue weighted by atomic mass is 10.1. The van der Waals surface area contributed by atoms with Gasteiger partial charge in [-0.05, 0) is 49.4 Å². The number of fused-ring (bicyclic) bond motifs is 1. The third kappa shape index (κ3) is 3.94. The van der Waals surface area contributed by atoms with Crippen molar-refractivity contribution in [1.82, 2.24) is 0 Å². The highest BCUT2D eigenvalue weighted by Gasteiger charge is 2.26. The fraction of sp³-hybridized carbons (Fsp3) is 0.250. The second kappa shape index (κ2) is 8.63. The van der Waals surface area contributed by atoms with Gasteiger partial charge in [-0.25, -0.2) is 0 Å². The third-order valence-electron chi connectivity index (χ3n) is 3.95. The van der Waals surface area contributed by atoms with E-state index in [2.05, 4.69) is 26.9 Å². The largest absolute Gasteiger partial charge is 0.339 e. The maximum Gasteiger partial charge on any atom is 0.108 e. The quantitative estimate of drug-likeness (QED) is 0.468. The fourth-order valence-electron chi connectivity index (χ4n) is 2.86. The summed E-state index contributed by atoms with van der Waals surface area (Å²) in [6.45, 7) is 6.33. The Hall–Kier alpha value is -2.65. The SMILES string of the molecule is CC.CC(=N)N1C(=N)CCN(c2ccc(C#N)cc2)c2cc(Br)ccc21. The third-order valence-corrected chi connectivity index (χ3v) is 4.45. The van der Waals surface area contributed by atoms with Crippen LogP contribution in [0.1, 0.15) is 32.8 Å². The first-order chi connectivity index (χ1) is 12.5. The number of hydrogen-bond acceptors (Lipinski definition) is 4. The summed E-state index contributed by atoms with van der Waals surface area (Å²) in [6.07, 6.45) is 0.530. The molecule has 3 rings (SSSR count). The van der Waals surface area contributed by atoms with Gasteiger partial charge in [-0.15, -0.1) is 0 Å². The standard InChI is InChI=1S/C18H16BrN5.C2H6/c1-12(21)24-16-7-4-14(19)10-17(16)23(9-8-18(24)22)15-5-2-13(11-20)3-6-15;1-2/h2-7,10,21-22H,8-9H2,1H3;1-2H3. The molecule has 0 unspecified atom stereocenters. The van der Waals surface area contributed by atoms with Crippen LogP contribution in [0, 0.1) is 22.1 Å². The van der Waals surface area contributed by atoms with Gasteiger partial charge in [-0.3, -0.25) is 15.7 Å². The average molecular weight is 412 g/mol. The van der Waals surface area contributed by atoms with Crippen LogP contribution >= 0.6 is 15.9 Å². The molecule has 1 aliphatic rings. The molecule has 0 aliphatic carbocycles. The van der Waals surface area contributed by atoms with Gasteiger partial charge in [0.25, 0.3) is 0 Å². The number of nitrogens with one attached hydrogen (secondary N) is 2. The summed E-state index contributed by atoms with van der Waals surface area (Å²) in [7, 11) is 0. The Balaban J connectivity index is 0.00000117. The monoisotopic (exact) mass is 411 g/mol. The van der Waals surface area contributed by atoms with Crippen molar-refractivity contribution in [1.29, 1.82) is 16.1 Å². The van der Waals surface area contributed by atoms with Crippen molar-refractivity contribution in [3.8, 4) is 6.07 Å². The molecule has 2 N–H and O–H groups in total. The van der Waals surface area contributed by atoms with Gasteiger partial charge in [-0.2, -0.15) is 5.26 Å². The Kier molecular flexibility index (Phi) is 6.53. The Labute approximate surface area is 163 Å². The van der Waals surface area contributed by atoms with Crippen molar-refractivity contribution < 1.29 is 0 Å². The average Bonchev–Trinajstić information content (AvgIpc) is 2.79. The Morgan fingerprint density at radius 1 is 1.12 bits per heavy atom. The van der Waals surface area contributed by atoms with Gasteiger partial charge in [0.15, 0.2) is 0 Å². The Bertz CT molecular complexity index is 851. The summed E-state index contributed by atoms with van der Waals surface area (Å²) in [5, 5.41) is 25.3. The number of benzene rings is 2. The minimum atomic E-state index is 0.324. The van der Waals surface area contributed by atoms with Crippen molar-refractivity contribution in [2.24, 2.45) is 0 Å². The summed E-state index contributed by atoms with van der Waals surface area (Å²) < 4.78 is 0.941. The molecule has 0 saturated heterocycles. The van der Waals surface area contributed by atoms with Crippen molar-refractivity contribution in [2.75, 3.05) is 16.3 Å². The molecule has 1 aliphatic heterocycles. The number of hydrogen-bond donors (Lipinski definition) is 2. The van der Waals surface area contributed by atoms with E-state index in [1.807, 2.05) is 44.2 Å². The first-order valence-electron chi connectivity index (χ1n) is 8.51. The lowest BCUT2D eigenvalue weighted by Crippen LogP contribution is -2.33. The Morgan fingerprint density at radius 2 is 1.77 bits per heavy atom. The van der Waals surface area contributed by atoms with Crippen LogP contribution in [0.3, 0.4) is 0 Å². The number of anilines is 3. The van der Waals surface area contributed by atoms with Crippen molar-refractivity contribution in [2.45, 2.75) is 27.2 Å². The molecule has 0 amide bonds. The molecular formula is C20H22BrN5. The molecule has 2 aromatic carbocycles. The zero-order valence-electron chi connectivity index (χ0n) is 15.2. The van der Waals surface area contributed by atoms with Gasteiger partial charge >= 0.3 is 0 Å². The minimum Gasteiger partial charge on any atom is -0.339 e. The van der Waals surface area contributed by atoms with Gasteiger partial charge in [0.05, 0.1) is 23.0 Å².